The van der Waals surface area contributed by atoms with Gasteiger partial charge in [-0.1, -0.05) is 6.92 Å². The first kappa shape index (κ1) is 15.6. The summed E-state index contributed by atoms with van der Waals surface area (Å²) in [6.07, 6.45) is 0.653. The second kappa shape index (κ2) is 7.78. The van der Waals surface area contributed by atoms with Gasteiger partial charge in [0.1, 0.15) is 0 Å². The maximum absolute atomic E-state index is 11.1. The molecule has 1 unspecified atom stereocenters. The van der Waals surface area contributed by atoms with Crippen molar-refractivity contribution in [3.63, 3.8) is 0 Å². The van der Waals surface area contributed by atoms with Crippen LogP contribution in [0.3, 0.4) is 0 Å². The van der Waals surface area contributed by atoms with Crippen LogP contribution in [0.1, 0.15) is 13.3 Å². The van der Waals surface area contributed by atoms with Crippen molar-refractivity contribution < 1.29 is 22.8 Å². The van der Waals surface area contributed by atoms with Gasteiger partial charge in [0.05, 0.1) is 12.5 Å². The van der Waals surface area contributed by atoms with Crippen LogP contribution in [-0.4, -0.2) is 42.7 Å². The summed E-state index contributed by atoms with van der Waals surface area (Å²) in [5.74, 6) is -0.631. The summed E-state index contributed by atoms with van der Waals surface area (Å²) >= 11 is 0. The van der Waals surface area contributed by atoms with Gasteiger partial charge in [-0.15, -0.1) is 0 Å². The van der Waals surface area contributed by atoms with E-state index < -0.39 is 8.80 Å². The van der Waals surface area contributed by atoms with Crippen molar-refractivity contribution >= 4 is 14.8 Å². The van der Waals surface area contributed by atoms with Gasteiger partial charge in [-0.25, -0.2) is 0 Å². The maximum atomic E-state index is 11.1. The van der Waals surface area contributed by atoms with E-state index in [2.05, 4.69) is 6.92 Å². The molecule has 0 saturated carbocycles. The molecule has 0 aromatic rings. The Hall–Kier alpha value is -0.433. The minimum absolute atomic E-state index is 0.292. The van der Waals surface area contributed by atoms with E-state index in [1.807, 2.05) is 0 Å². The predicted octanol–water partition coefficient (Wildman–Crippen LogP) is 1.27. The van der Waals surface area contributed by atoms with Gasteiger partial charge in [-0.05, 0) is 13.3 Å². The van der Waals surface area contributed by atoms with Crippen molar-refractivity contribution in [3.05, 3.63) is 6.92 Å². The Morgan fingerprint density at radius 1 is 1.25 bits per heavy atom. The van der Waals surface area contributed by atoms with Crippen LogP contribution in [0.15, 0.2) is 0 Å². The summed E-state index contributed by atoms with van der Waals surface area (Å²) in [6, 6.07) is 0.620. The van der Waals surface area contributed by atoms with Crippen LogP contribution in [0, 0.1) is 12.8 Å². The van der Waals surface area contributed by atoms with E-state index in [-0.39, 0.29) is 11.9 Å². The van der Waals surface area contributed by atoms with Gasteiger partial charge in [0, 0.05) is 27.4 Å². The fourth-order valence-corrected chi connectivity index (χ4v) is 2.85. The summed E-state index contributed by atoms with van der Waals surface area (Å²) in [5, 5.41) is 0. The quantitative estimate of drug-likeness (QED) is 0.368. The van der Waals surface area contributed by atoms with E-state index in [4.69, 9.17) is 18.0 Å². The molecule has 0 amide bonds. The monoisotopic (exact) mass is 249 g/mol. The first-order valence-electron chi connectivity index (χ1n) is 5.16. The van der Waals surface area contributed by atoms with Crippen LogP contribution in [-0.2, 0) is 22.8 Å². The first-order valence-corrected chi connectivity index (χ1v) is 7.09. The standard InChI is InChI=1S/C10H21O5Si/c1-9(2)10(11)15-7-6-8-16(12-3,13-4)14-5/h9H,1,6-8H2,2-5H3. The van der Waals surface area contributed by atoms with E-state index in [1.165, 1.54) is 0 Å². The number of hydrogen-bond acceptors (Lipinski definition) is 5. The summed E-state index contributed by atoms with van der Waals surface area (Å²) in [4.78, 5) is 11.1. The van der Waals surface area contributed by atoms with Crippen LogP contribution in [0.4, 0.5) is 0 Å². The third-order valence-electron chi connectivity index (χ3n) is 2.21. The van der Waals surface area contributed by atoms with Crippen LogP contribution >= 0.6 is 0 Å². The Kier molecular flexibility index (Phi) is 7.57. The minimum Gasteiger partial charge on any atom is -0.465 e. The molecule has 1 atom stereocenters. The molecular formula is C10H21O5Si. The smallest absolute Gasteiger partial charge is 0.465 e. The zero-order chi connectivity index (χ0) is 12.6. The molecule has 5 nitrogen and oxygen atoms in total. The normalized spacial score (nSPS) is 11.9. The largest absolute Gasteiger partial charge is 0.500 e. The van der Waals surface area contributed by atoms with E-state index in [1.54, 1.807) is 28.3 Å². The lowest BCUT2D eigenvalue weighted by atomic mass is 10.2. The molecule has 95 valence electrons. The highest BCUT2D eigenvalue weighted by Crippen LogP contribution is 2.14. The lowest BCUT2D eigenvalue weighted by Gasteiger charge is -2.24. The van der Waals surface area contributed by atoms with Gasteiger partial charge in [-0.3, -0.25) is 4.79 Å². The molecule has 1 radical (unpaired) electrons. The van der Waals surface area contributed by atoms with Gasteiger partial charge in [0.25, 0.3) is 0 Å². The van der Waals surface area contributed by atoms with E-state index >= 15 is 0 Å². The third-order valence-corrected chi connectivity index (χ3v) is 5.04. The van der Waals surface area contributed by atoms with Crippen LogP contribution in [0.5, 0.6) is 0 Å². The van der Waals surface area contributed by atoms with Crippen LogP contribution < -0.4 is 0 Å². The van der Waals surface area contributed by atoms with Gasteiger partial charge >= 0.3 is 14.8 Å². The van der Waals surface area contributed by atoms with Crippen molar-refractivity contribution in [3.8, 4) is 0 Å². The summed E-state index contributed by atoms with van der Waals surface area (Å²) in [7, 11) is 2.15. The van der Waals surface area contributed by atoms with Crippen LogP contribution in [0.2, 0.25) is 6.04 Å². The van der Waals surface area contributed by atoms with Gasteiger partial charge < -0.3 is 18.0 Å². The zero-order valence-electron chi connectivity index (χ0n) is 10.4. The average molecular weight is 249 g/mol. The van der Waals surface area contributed by atoms with Gasteiger partial charge in [-0.2, -0.15) is 0 Å². The Morgan fingerprint density at radius 2 is 1.75 bits per heavy atom. The number of esters is 1. The molecule has 0 aliphatic heterocycles. The Balaban J connectivity index is 3.83. The molecule has 0 spiro atoms. The van der Waals surface area contributed by atoms with E-state index in [0.717, 1.165) is 0 Å². The molecular weight excluding hydrogens is 228 g/mol. The Labute approximate surface area is 98.4 Å². The van der Waals surface area contributed by atoms with Crippen molar-refractivity contribution in [2.24, 2.45) is 5.92 Å². The third kappa shape index (κ3) is 5.07. The maximum Gasteiger partial charge on any atom is 0.500 e. The van der Waals surface area contributed by atoms with Crippen molar-refractivity contribution in [1.82, 2.24) is 0 Å². The second-order valence-corrected chi connectivity index (χ2v) is 6.56. The van der Waals surface area contributed by atoms with E-state index in [9.17, 15) is 4.79 Å². The van der Waals surface area contributed by atoms with Crippen molar-refractivity contribution in [2.75, 3.05) is 27.9 Å². The lowest BCUT2D eigenvalue weighted by molar-refractivity contribution is -0.146. The fraction of sp³-hybridized carbons (Fsp3) is 0.800. The zero-order valence-corrected chi connectivity index (χ0v) is 11.4. The summed E-state index contributed by atoms with van der Waals surface area (Å²) < 4.78 is 20.7. The highest BCUT2D eigenvalue weighted by molar-refractivity contribution is 6.60. The second-order valence-electron chi connectivity index (χ2n) is 3.47. The Bertz CT molecular complexity index is 195. The average Bonchev–Trinajstić information content (AvgIpc) is 2.30. The van der Waals surface area contributed by atoms with Gasteiger partial charge in [0.15, 0.2) is 0 Å². The lowest BCUT2D eigenvalue weighted by Crippen LogP contribution is -2.42. The van der Waals surface area contributed by atoms with Crippen molar-refractivity contribution in [2.45, 2.75) is 19.4 Å². The highest BCUT2D eigenvalue weighted by Gasteiger charge is 2.36. The summed E-state index contributed by atoms with van der Waals surface area (Å²) in [6.45, 7) is 5.61. The number of carbonyl (C=O) groups is 1. The molecule has 0 fully saturated rings. The molecule has 0 aliphatic carbocycles. The molecule has 0 aromatic heterocycles. The summed E-state index contributed by atoms with van der Waals surface area (Å²) in [5.41, 5.74) is 0. The molecule has 0 saturated heterocycles. The number of carbonyl (C=O) groups excluding carboxylic acids is 1. The molecule has 0 bridgehead atoms. The number of ether oxygens (including phenoxy) is 1. The minimum atomic E-state index is -2.52. The topological polar surface area (TPSA) is 54.0 Å². The van der Waals surface area contributed by atoms with Crippen LogP contribution in [0.25, 0.3) is 0 Å². The molecule has 0 N–H and O–H groups in total. The predicted molar refractivity (Wildman–Crippen MR) is 61.7 cm³/mol. The first-order chi connectivity index (χ1) is 7.51. The molecule has 0 rings (SSSR count). The SMILES string of the molecule is [CH2]C(C)C(=O)OCCC[Si](OC)(OC)OC. The molecule has 0 aliphatic rings. The number of rotatable bonds is 8. The molecule has 16 heavy (non-hydrogen) atoms. The number of hydrogen-bond donors (Lipinski definition) is 0. The molecule has 0 heterocycles. The highest BCUT2D eigenvalue weighted by atomic mass is 28.4. The van der Waals surface area contributed by atoms with Gasteiger partial charge in [0.2, 0.25) is 0 Å². The fourth-order valence-electron chi connectivity index (χ4n) is 1.16. The van der Waals surface area contributed by atoms with E-state index in [0.29, 0.717) is 19.1 Å². The Morgan fingerprint density at radius 3 is 2.12 bits per heavy atom. The van der Waals surface area contributed by atoms with Crippen molar-refractivity contribution in [1.29, 1.82) is 0 Å². The molecule has 0 aromatic carbocycles. The molecule has 6 heteroatoms.